The van der Waals surface area contributed by atoms with Crippen molar-refractivity contribution in [3.8, 4) is 0 Å². The average Bonchev–Trinajstić information content (AvgIpc) is 3.23. The lowest BCUT2D eigenvalue weighted by atomic mass is 9.99. The third-order valence-corrected chi connectivity index (χ3v) is 5.44. The summed E-state index contributed by atoms with van der Waals surface area (Å²) in [6, 6.07) is 11.7. The molecule has 3 heterocycles. The van der Waals surface area contributed by atoms with Crippen molar-refractivity contribution in [1.82, 2.24) is 19.0 Å². The lowest BCUT2D eigenvalue weighted by molar-refractivity contribution is 0.126. The third-order valence-electron chi connectivity index (χ3n) is 5.44. The van der Waals surface area contributed by atoms with E-state index in [1.807, 2.05) is 12.5 Å². The first kappa shape index (κ1) is 15.5. The fourth-order valence-corrected chi connectivity index (χ4v) is 4.02. The van der Waals surface area contributed by atoms with Gasteiger partial charge in [-0.2, -0.15) is 0 Å². The highest BCUT2D eigenvalue weighted by molar-refractivity contribution is 5.81. The van der Waals surface area contributed by atoms with Crippen LogP contribution >= 0.6 is 0 Å². The summed E-state index contributed by atoms with van der Waals surface area (Å²) in [6.07, 6.45) is 11.1. The molecule has 4 rings (SSSR count). The predicted octanol–water partition coefficient (Wildman–Crippen LogP) is 3.82. The number of imidazole rings is 1. The fourth-order valence-electron chi connectivity index (χ4n) is 4.02. The summed E-state index contributed by atoms with van der Waals surface area (Å²) in [5.74, 6) is 0. The molecule has 1 aromatic carbocycles. The Morgan fingerprint density at radius 3 is 2.96 bits per heavy atom. The summed E-state index contributed by atoms with van der Waals surface area (Å²) in [5.41, 5.74) is 2.75. The molecule has 1 saturated heterocycles. The van der Waals surface area contributed by atoms with E-state index in [9.17, 15) is 0 Å². The normalized spacial score (nSPS) is 19.1. The minimum absolute atomic E-state index is 0.680. The molecule has 0 saturated carbocycles. The number of para-hydroxylation sites is 1. The summed E-state index contributed by atoms with van der Waals surface area (Å²) in [7, 11) is 2.20. The molecule has 1 aliphatic heterocycles. The number of likely N-dealkylation sites (tertiary alicyclic amines) is 1. The standard InChI is InChI=1S/C20H26N4/c1-22-19(14-17-6-2-3-8-20(17)22)15-24-11-5-4-7-18(24)9-12-23-13-10-21-16-23/h2-3,6,8,10,13-14,16,18H,4-5,7,9,11-12,15H2,1H3. The number of benzene rings is 1. The van der Waals surface area contributed by atoms with Crippen molar-refractivity contribution >= 4 is 10.9 Å². The first-order valence-electron chi connectivity index (χ1n) is 9.04. The summed E-state index contributed by atoms with van der Waals surface area (Å²) in [5, 5.41) is 1.35. The smallest absolute Gasteiger partial charge is 0.0945 e. The minimum atomic E-state index is 0.680. The number of nitrogens with zero attached hydrogens (tertiary/aromatic N) is 4. The zero-order valence-electron chi connectivity index (χ0n) is 14.4. The molecule has 1 atom stereocenters. The number of hydrogen-bond acceptors (Lipinski definition) is 2. The zero-order chi connectivity index (χ0) is 16.4. The Labute approximate surface area is 143 Å². The molecule has 1 fully saturated rings. The minimum Gasteiger partial charge on any atom is -0.346 e. The van der Waals surface area contributed by atoms with Crippen LogP contribution in [-0.2, 0) is 20.1 Å². The molecule has 2 aromatic heterocycles. The topological polar surface area (TPSA) is 26.0 Å². The van der Waals surface area contributed by atoms with E-state index in [1.54, 1.807) is 0 Å². The van der Waals surface area contributed by atoms with E-state index < -0.39 is 0 Å². The van der Waals surface area contributed by atoms with E-state index in [2.05, 4.69) is 62.6 Å². The van der Waals surface area contributed by atoms with Crippen molar-refractivity contribution in [3.05, 3.63) is 54.7 Å². The van der Waals surface area contributed by atoms with Crippen LogP contribution in [0.5, 0.6) is 0 Å². The van der Waals surface area contributed by atoms with Gasteiger partial charge in [0, 0.05) is 49.8 Å². The van der Waals surface area contributed by atoms with Gasteiger partial charge >= 0.3 is 0 Å². The van der Waals surface area contributed by atoms with Gasteiger partial charge in [0.05, 0.1) is 6.33 Å². The largest absolute Gasteiger partial charge is 0.346 e. The van der Waals surface area contributed by atoms with Gasteiger partial charge in [-0.15, -0.1) is 0 Å². The average molecular weight is 322 g/mol. The number of aryl methyl sites for hydroxylation is 2. The van der Waals surface area contributed by atoms with E-state index in [0.29, 0.717) is 6.04 Å². The van der Waals surface area contributed by atoms with Gasteiger partial charge in [-0.05, 0) is 43.3 Å². The zero-order valence-corrected chi connectivity index (χ0v) is 14.4. The molecule has 24 heavy (non-hydrogen) atoms. The maximum Gasteiger partial charge on any atom is 0.0945 e. The molecular weight excluding hydrogens is 296 g/mol. The highest BCUT2D eigenvalue weighted by Crippen LogP contribution is 2.25. The Morgan fingerprint density at radius 1 is 1.21 bits per heavy atom. The van der Waals surface area contributed by atoms with Crippen molar-refractivity contribution in [2.24, 2.45) is 7.05 Å². The van der Waals surface area contributed by atoms with E-state index in [-0.39, 0.29) is 0 Å². The van der Waals surface area contributed by atoms with Crippen LogP contribution in [0, 0.1) is 0 Å². The Kier molecular flexibility index (Phi) is 4.39. The summed E-state index contributed by atoms with van der Waals surface area (Å²) < 4.78 is 4.56. The van der Waals surface area contributed by atoms with Crippen LogP contribution in [-0.4, -0.2) is 31.6 Å². The molecule has 0 aliphatic carbocycles. The first-order valence-corrected chi connectivity index (χ1v) is 9.04. The summed E-state index contributed by atoms with van der Waals surface area (Å²) in [6.45, 7) is 3.34. The highest BCUT2D eigenvalue weighted by atomic mass is 15.2. The van der Waals surface area contributed by atoms with E-state index in [0.717, 1.165) is 13.1 Å². The molecule has 0 spiro atoms. The second-order valence-corrected chi connectivity index (χ2v) is 6.96. The number of piperidine rings is 1. The molecule has 0 N–H and O–H groups in total. The lowest BCUT2D eigenvalue weighted by Gasteiger charge is -2.36. The van der Waals surface area contributed by atoms with Gasteiger partial charge < -0.3 is 9.13 Å². The molecule has 0 bridgehead atoms. The molecule has 1 aliphatic rings. The van der Waals surface area contributed by atoms with Crippen LogP contribution in [0.25, 0.3) is 10.9 Å². The Balaban J connectivity index is 1.48. The van der Waals surface area contributed by atoms with Crippen LogP contribution in [0.4, 0.5) is 0 Å². The van der Waals surface area contributed by atoms with E-state index in [1.165, 1.54) is 48.8 Å². The van der Waals surface area contributed by atoms with Gasteiger partial charge in [0.25, 0.3) is 0 Å². The van der Waals surface area contributed by atoms with Crippen molar-refractivity contribution in [1.29, 1.82) is 0 Å². The lowest BCUT2D eigenvalue weighted by Crippen LogP contribution is -2.39. The van der Waals surface area contributed by atoms with E-state index in [4.69, 9.17) is 0 Å². The molecule has 0 radical (unpaired) electrons. The van der Waals surface area contributed by atoms with Crippen LogP contribution in [0.3, 0.4) is 0 Å². The molecular formula is C20H26N4. The van der Waals surface area contributed by atoms with Crippen molar-refractivity contribution in [2.75, 3.05) is 6.54 Å². The predicted molar refractivity (Wildman–Crippen MR) is 97.8 cm³/mol. The maximum atomic E-state index is 4.15. The quantitative estimate of drug-likeness (QED) is 0.714. The van der Waals surface area contributed by atoms with Gasteiger partial charge in [-0.25, -0.2) is 4.98 Å². The Hall–Kier alpha value is -2.07. The van der Waals surface area contributed by atoms with E-state index >= 15 is 0 Å². The van der Waals surface area contributed by atoms with Gasteiger partial charge in [0.1, 0.15) is 0 Å². The molecule has 1 unspecified atom stereocenters. The number of aromatic nitrogens is 3. The SMILES string of the molecule is Cn1c(CN2CCCCC2CCn2ccnc2)cc2ccccc21. The molecule has 0 amide bonds. The Bertz CT molecular complexity index is 787. The third kappa shape index (κ3) is 3.11. The number of fused-ring (bicyclic) bond motifs is 1. The number of rotatable bonds is 5. The van der Waals surface area contributed by atoms with Crippen LogP contribution in [0.15, 0.2) is 49.1 Å². The maximum absolute atomic E-state index is 4.15. The second-order valence-electron chi connectivity index (χ2n) is 6.96. The highest BCUT2D eigenvalue weighted by Gasteiger charge is 2.23. The number of hydrogen-bond donors (Lipinski definition) is 0. The molecule has 4 heteroatoms. The van der Waals surface area contributed by atoms with Crippen molar-refractivity contribution in [3.63, 3.8) is 0 Å². The van der Waals surface area contributed by atoms with Crippen molar-refractivity contribution in [2.45, 2.75) is 44.8 Å². The van der Waals surface area contributed by atoms with Gasteiger partial charge in [-0.1, -0.05) is 24.6 Å². The van der Waals surface area contributed by atoms with Gasteiger partial charge in [0.2, 0.25) is 0 Å². The molecule has 3 aromatic rings. The van der Waals surface area contributed by atoms with Crippen molar-refractivity contribution < 1.29 is 0 Å². The van der Waals surface area contributed by atoms with Crippen LogP contribution < -0.4 is 0 Å². The monoisotopic (exact) mass is 322 g/mol. The van der Waals surface area contributed by atoms with Crippen LogP contribution in [0.1, 0.15) is 31.4 Å². The fraction of sp³-hybridized carbons (Fsp3) is 0.450. The van der Waals surface area contributed by atoms with Gasteiger partial charge in [-0.3, -0.25) is 4.90 Å². The summed E-state index contributed by atoms with van der Waals surface area (Å²) in [4.78, 5) is 6.84. The Morgan fingerprint density at radius 2 is 2.12 bits per heavy atom. The first-order chi connectivity index (χ1) is 11.8. The van der Waals surface area contributed by atoms with Gasteiger partial charge in [0.15, 0.2) is 0 Å². The summed E-state index contributed by atoms with van der Waals surface area (Å²) >= 11 is 0. The second kappa shape index (κ2) is 6.81. The molecule has 126 valence electrons. The van der Waals surface area contributed by atoms with Crippen LogP contribution in [0.2, 0.25) is 0 Å². The molecule has 4 nitrogen and oxygen atoms in total.